The predicted molar refractivity (Wildman–Crippen MR) is 74.2 cm³/mol. The number of imidazole rings is 1. The van der Waals surface area contributed by atoms with E-state index in [2.05, 4.69) is 56.7 Å². The highest BCUT2D eigenvalue weighted by molar-refractivity contribution is 9.10. The second-order valence-electron chi connectivity index (χ2n) is 4.44. The van der Waals surface area contributed by atoms with Crippen molar-refractivity contribution in [1.29, 1.82) is 0 Å². The molecule has 2 nitrogen and oxygen atoms in total. The van der Waals surface area contributed by atoms with Gasteiger partial charge in [-0.15, -0.1) is 0 Å². The van der Waals surface area contributed by atoms with E-state index in [1.807, 2.05) is 14.0 Å². The zero-order chi connectivity index (χ0) is 12.4. The van der Waals surface area contributed by atoms with Gasteiger partial charge in [0.1, 0.15) is 10.4 Å². The molecule has 0 atom stereocenters. The lowest BCUT2D eigenvalue weighted by Gasteiger charge is -2.01. The number of rotatable bonds is 3. The van der Waals surface area contributed by atoms with Gasteiger partial charge in [0.05, 0.1) is 5.69 Å². The zero-order valence-corrected chi connectivity index (χ0v) is 12.1. The Morgan fingerprint density at radius 2 is 1.76 bits per heavy atom. The molecule has 1 heterocycles. The van der Waals surface area contributed by atoms with Crippen molar-refractivity contribution in [3.63, 3.8) is 0 Å². The normalized spacial score (nSPS) is 10.8. The molecule has 90 valence electrons. The third-order valence-electron chi connectivity index (χ3n) is 3.09. The number of hydrogen-bond donors (Lipinski definition) is 0. The molecule has 0 aliphatic rings. The predicted octanol–water partition coefficient (Wildman–Crippen LogP) is 3.58. The Labute approximate surface area is 111 Å². The van der Waals surface area contributed by atoms with Crippen molar-refractivity contribution in [2.24, 2.45) is 7.05 Å². The van der Waals surface area contributed by atoms with Gasteiger partial charge in [-0.05, 0) is 48.2 Å². The molecule has 0 fully saturated rings. The minimum Gasteiger partial charge on any atom is -0.326 e. The van der Waals surface area contributed by atoms with Gasteiger partial charge in [0.2, 0.25) is 0 Å². The first-order chi connectivity index (χ1) is 8.08. The van der Waals surface area contributed by atoms with Crippen molar-refractivity contribution in [2.45, 2.75) is 26.7 Å². The maximum absolute atomic E-state index is 4.56. The van der Waals surface area contributed by atoms with Crippen LogP contribution in [-0.2, 0) is 19.9 Å². The van der Waals surface area contributed by atoms with E-state index in [4.69, 9.17) is 0 Å². The van der Waals surface area contributed by atoms with Crippen LogP contribution in [0.3, 0.4) is 0 Å². The van der Waals surface area contributed by atoms with Crippen LogP contribution in [0.1, 0.15) is 22.6 Å². The second-order valence-corrected chi connectivity index (χ2v) is 5.19. The molecule has 0 amide bonds. The molecule has 3 heteroatoms. The van der Waals surface area contributed by atoms with Crippen molar-refractivity contribution in [1.82, 2.24) is 9.55 Å². The lowest BCUT2D eigenvalue weighted by molar-refractivity contribution is 0.838. The molecule has 0 saturated heterocycles. The number of halogens is 1. The average molecular weight is 293 g/mol. The van der Waals surface area contributed by atoms with E-state index < -0.39 is 0 Å². The van der Waals surface area contributed by atoms with Crippen LogP contribution in [-0.4, -0.2) is 9.55 Å². The Hall–Kier alpha value is -1.09. The fourth-order valence-electron chi connectivity index (χ4n) is 1.83. The van der Waals surface area contributed by atoms with Crippen LogP contribution in [0.25, 0.3) is 0 Å². The molecule has 0 bridgehead atoms. The quantitative estimate of drug-likeness (QED) is 0.845. The number of aryl methyl sites for hydroxylation is 4. The van der Waals surface area contributed by atoms with Crippen LogP contribution in [0.2, 0.25) is 0 Å². The van der Waals surface area contributed by atoms with Crippen molar-refractivity contribution >= 4 is 15.9 Å². The number of hydrogen-bond acceptors (Lipinski definition) is 1. The summed E-state index contributed by atoms with van der Waals surface area (Å²) >= 11 is 3.59. The molecule has 0 unspecified atom stereocenters. The fourth-order valence-corrected chi connectivity index (χ4v) is 2.37. The summed E-state index contributed by atoms with van der Waals surface area (Å²) in [4.78, 5) is 4.56. The lowest BCUT2D eigenvalue weighted by Crippen LogP contribution is -1.93. The summed E-state index contributed by atoms with van der Waals surface area (Å²) in [7, 11) is 2.03. The Kier molecular flexibility index (Phi) is 3.67. The van der Waals surface area contributed by atoms with Crippen LogP contribution >= 0.6 is 15.9 Å². The maximum atomic E-state index is 4.56. The molecule has 2 rings (SSSR count). The SMILES string of the molecule is Cc1ccc(CCc2nc(C)n(C)c2Br)cc1. The highest BCUT2D eigenvalue weighted by Gasteiger charge is 2.09. The summed E-state index contributed by atoms with van der Waals surface area (Å²) in [5.41, 5.74) is 3.82. The molecular formula is C14H17BrN2. The number of nitrogens with zero attached hydrogens (tertiary/aromatic N) is 2. The van der Waals surface area contributed by atoms with Gasteiger partial charge in [-0.25, -0.2) is 4.98 Å². The van der Waals surface area contributed by atoms with Crippen LogP contribution in [0, 0.1) is 13.8 Å². The van der Waals surface area contributed by atoms with Crippen LogP contribution in [0.15, 0.2) is 28.9 Å². The van der Waals surface area contributed by atoms with Crippen LogP contribution < -0.4 is 0 Å². The summed E-state index contributed by atoms with van der Waals surface area (Å²) < 4.78 is 3.17. The molecule has 1 aromatic heterocycles. The monoisotopic (exact) mass is 292 g/mol. The van der Waals surface area contributed by atoms with Gasteiger partial charge in [0, 0.05) is 7.05 Å². The Morgan fingerprint density at radius 1 is 1.12 bits per heavy atom. The minimum absolute atomic E-state index is 0.978. The molecule has 1 aromatic carbocycles. The van der Waals surface area contributed by atoms with Crippen molar-refractivity contribution in [3.05, 3.63) is 51.5 Å². The Morgan fingerprint density at radius 3 is 2.29 bits per heavy atom. The van der Waals surface area contributed by atoms with Gasteiger partial charge in [-0.1, -0.05) is 29.8 Å². The maximum Gasteiger partial charge on any atom is 0.108 e. The topological polar surface area (TPSA) is 17.8 Å². The first kappa shape index (κ1) is 12.4. The van der Waals surface area contributed by atoms with Gasteiger partial charge >= 0.3 is 0 Å². The molecule has 0 spiro atoms. The first-order valence-corrected chi connectivity index (χ1v) is 6.60. The molecule has 0 radical (unpaired) electrons. The standard InChI is InChI=1S/C14H17BrN2/c1-10-4-6-12(7-5-10)8-9-13-14(15)17(3)11(2)16-13/h4-7H,8-9H2,1-3H3. The average Bonchev–Trinajstić information content (AvgIpc) is 2.56. The molecule has 0 aliphatic heterocycles. The third kappa shape index (κ3) is 2.78. The zero-order valence-electron chi connectivity index (χ0n) is 10.5. The summed E-state index contributed by atoms with van der Waals surface area (Å²) in [5.74, 6) is 1.05. The molecule has 2 aromatic rings. The van der Waals surface area contributed by atoms with Gasteiger partial charge in [0.25, 0.3) is 0 Å². The number of benzene rings is 1. The molecular weight excluding hydrogens is 276 g/mol. The number of aromatic nitrogens is 2. The van der Waals surface area contributed by atoms with Crippen LogP contribution in [0.5, 0.6) is 0 Å². The third-order valence-corrected chi connectivity index (χ3v) is 4.08. The molecule has 17 heavy (non-hydrogen) atoms. The minimum atomic E-state index is 0.978. The van der Waals surface area contributed by atoms with E-state index in [1.54, 1.807) is 0 Å². The van der Waals surface area contributed by atoms with E-state index in [9.17, 15) is 0 Å². The van der Waals surface area contributed by atoms with E-state index in [0.717, 1.165) is 29.0 Å². The highest BCUT2D eigenvalue weighted by Crippen LogP contribution is 2.19. The molecule has 0 N–H and O–H groups in total. The highest BCUT2D eigenvalue weighted by atomic mass is 79.9. The van der Waals surface area contributed by atoms with E-state index >= 15 is 0 Å². The lowest BCUT2D eigenvalue weighted by atomic mass is 10.1. The summed E-state index contributed by atoms with van der Waals surface area (Å²) in [6, 6.07) is 8.71. The Balaban J connectivity index is 2.07. The molecule has 0 aliphatic carbocycles. The van der Waals surface area contributed by atoms with E-state index in [0.29, 0.717) is 0 Å². The summed E-state index contributed by atoms with van der Waals surface area (Å²) in [6.45, 7) is 4.14. The van der Waals surface area contributed by atoms with Gasteiger partial charge in [0.15, 0.2) is 0 Å². The largest absolute Gasteiger partial charge is 0.326 e. The van der Waals surface area contributed by atoms with Crippen molar-refractivity contribution in [2.75, 3.05) is 0 Å². The van der Waals surface area contributed by atoms with E-state index in [1.165, 1.54) is 11.1 Å². The second kappa shape index (κ2) is 5.05. The summed E-state index contributed by atoms with van der Waals surface area (Å²) in [6.07, 6.45) is 2.01. The smallest absolute Gasteiger partial charge is 0.108 e. The van der Waals surface area contributed by atoms with Crippen LogP contribution in [0.4, 0.5) is 0 Å². The van der Waals surface area contributed by atoms with Crippen molar-refractivity contribution in [3.8, 4) is 0 Å². The summed E-state index contributed by atoms with van der Waals surface area (Å²) in [5, 5.41) is 0. The fraction of sp³-hybridized carbons (Fsp3) is 0.357. The van der Waals surface area contributed by atoms with Crippen molar-refractivity contribution < 1.29 is 0 Å². The van der Waals surface area contributed by atoms with E-state index in [-0.39, 0.29) is 0 Å². The Bertz CT molecular complexity index is 512. The van der Waals surface area contributed by atoms with Gasteiger partial charge in [-0.2, -0.15) is 0 Å². The molecule has 0 saturated carbocycles. The van der Waals surface area contributed by atoms with Gasteiger partial charge < -0.3 is 4.57 Å². The van der Waals surface area contributed by atoms with Gasteiger partial charge in [-0.3, -0.25) is 0 Å². The first-order valence-electron chi connectivity index (χ1n) is 5.81.